The predicted octanol–water partition coefficient (Wildman–Crippen LogP) is 2.61. The molecule has 3 aliphatic rings. The summed E-state index contributed by atoms with van der Waals surface area (Å²) in [5.41, 5.74) is 1.94. The molecule has 3 fully saturated rings. The molecular formula is C27H35N3O3. The van der Waals surface area contributed by atoms with Crippen LogP contribution in [-0.2, 0) is 17.6 Å². The van der Waals surface area contributed by atoms with E-state index < -0.39 is 0 Å². The van der Waals surface area contributed by atoms with Gasteiger partial charge in [0.15, 0.2) is 0 Å². The normalized spacial score (nSPS) is 27.8. The molecule has 176 valence electrons. The SMILES string of the molecule is O=C(N1CCC(Cc2ccc(=O)[nH]c2)CC1)[C@@]1(Cc2ccccc2)C[C@H]2CC[C@@H]1N2CCO. The zero-order valence-electron chi connectivity index (χ0n) is 19.3. The summed E-state index contributed by atoms with van der Waals surface area (Å²) in [6, 6.07) is 14.6. The van der Waals surface area contributed by atoms with Crippen LogP contribution in [0.2, 0.25) is 0 Å². The Morgan fingerprint density at radius 3 is 2.52 bits per heavy atom. The maximum atomic E-state index is 14.2. The van der Waals surface area contributed by atoms with Gasteiger partial charge in [-0.25, -0.2) is 0 Å². The second-order valence-corrected chi connectivity index (χ2v) is 10.2. The van der Waals surface area contributed by atoms with E-state index in [0.29, 0.717) is 24.4 Å². The molecule has 3 aliphatic heterocycles. The molecule has 6 heteroatoms. The zero-order chi connectivity index (χ0) is 22.8. The molecule has 1 aromatic carbocycles. The molecule has 4 heterocycles. The van der Waals surface area contributed by atoms with Crippen molar-refractivity contribution in [1.29, 1.82) is 0 Å². The van der Waals surface area contributed by atoms with Crippen LogP contribution in [0.15, 0.2) is 53.5 Å². The Bertz CT molecular complexity index is 994. The molecule has 0 unspecified atom stereocenters. The average Bonchev–Trinajstić information content (AvgIpc) is 3.36. The van der Waals surface area contributed by atoms with Crippen LogP contribution in [0, 0.1) is 11.3 Å². The number of carbonyl (C=O) groups excluding carboxylic acids is 1. The second kappa shape index (κ2) is 9.43. The minimum Gasteiger partial charge on any atom is -0.395 e. The van der Waals surface area contributed by atoms with Gasteiger partial charge in [-0.1, -0.05) is 36.4 Å². The molecule has 6 nitrogen and oxygen atoms in total. The number of benzene rings is 1. The Kier molecular flexibility index (Phi) is 6.39. The molecule has 3 saturated heterocycles. The molecule has 0 saturated carbocycles. The highest BCUT2D eigenvalue weighted by Crippen LogP contribution is 2.52. The van der Waals surface area contributed by atoms with Crippen LogP contribution < -0.4 is 5.56 Å². The first-order valence-corrected chi connectivity index (χ1v) is 12.5. The quantitative estimate of drug-likeness (QED) is 0.681. The van der Waals surface area contributed by atoms with Crippen molar-refractivity contribution in [1.82, 2.24) is 14.8 Å². The first-order chi connectivity index (χ1) is 16.1. The summed E-state index contributed by atoms with van der Waals surface area (Å²) < 4.78 is 0. The van der Waals surface area contributed by atoms with Gasteiger partial charge in [0, 0.05) is 44.0 Å². The van der Waals surface area contributed by atoms with Crippen LogP contribution in [0.3, 0.4) is 0 Å². The second-order valence-electron chi connectivity index (χ2n) is 10.2. The van der Waals surface area contributed by atoms with Gasteiger partial charge in [-0.2, -0.15) is 0 Å². The van der Waals surface area contributed by atoms with Crippen molar-refractivity contribution in [3.8, 4) is 0 Å². The fraction of sp³-hybridized carbons (Fsp3) is 0.556. The van der Waals surface area contributed by atoms with Gasteiger partial charge >= 0.3 is 0 Å². The number of fused-ring (bicyclic) bond motifs is 2. The van der Waals surface area contributed by atoms with E-state index in [1.807, 2.05) is 18.3 Å². The lowest BCUT2D eigenvalue weighted by atomic mass is 9.68. The van der Waals surface area contributed by atoms with Crippen LogP contribution in [0.5, 0.6) is 0 Å². The van der Waals surface area contributed by atoms with Crippen molar-refractivity contribution in [3.05, 3.63) is 70.1 Å². The molecular weight excluding hydrogens is 414 g/mol. The molecule has 1 aromatic heterocycles. The lowest BCUT2D eigenvalue weighted by Gasteiger charge is -2.42. The topological polar surface area (TPSA) is 76.6 Å². The van der Waals surface area contributed by atoms with E-state index in [-0.39, 0.29) is 23.6 Å². The van der Waals surface area contributed by atoms with Crippen molar-refractivity contribution in [2.75, 3.05) is 26.2 Å². The number of aromatic amines is 1. The molecule has 2 N–H and O–H groups in total. The summed E-state index contributed by atoms with van der Waals surface area (Å²) in [6.07, 6.45) is 8.64. The van der Waals surface area contributed by atoms with Crippen LogP contribution in [0.25, 0.3) is 0 Å². The standard InChI is InChI=1S/C27H35N3O3/c31-15-14-30-23-7-8-24(30)27(18-23,17-21-4-2-1-3-5-21)26(33)29-12-10-20(11-13-29)16-22-6-9-25(32)28-19-22/h1-6,9,19-20,23-24,31H,7-8,10-18H2,(H,28,32)/t23-,24+,27+/m1/s1. The minimum absolute atomic E-state index is 0.0658. The van der Waals surface area contributed by atoms with Gasteiger partial charge in [-0.05, 0) is 62.0 Å². The van der Waals surface area contributed by atoms with Crippen LogP contribution in [0.1, 0.15) is 43.2 Å². The monoisotopic (exact) mass is 449 g/mol. The Labute approximate surface area is 195 Å². The number of aliphatic hydroxyl groups is 1. The summed E-state index contributed by atoms with van der Waals surface area (Å²) in [4.78, 5) is 32.8. The highest BCUT2D eigenvalue weighted by Gasteiger charge is 2.60. The maximum absolute atomic E-state index is 14.2. The largest absolute Gasteiger partial charge is 0.395 e. The summed E-state index contributed by atoms with van der Waals surface area (Å²) in [6.45, 7) is 2.43. The third kappa shape index (κ3) is 4.38. The lowest BCUT2D eigenvalue weighted by molar-refractivity contribution is -0.145. The van der Waals surface area contributed by atoms with E-state index in [1.165, 1.54) is 5.56 Å². The first kappa shape index (κ1) is 22.4. The zero-order valence-corrected chi connectivity index (χ0v) is 19.3. The minimum atomic E-state index is -0.384. The number of likely N-dealkylation sites (tertiary alicyclic amines) is 1. The van der Waals surface area contributed by atoms with Crippen molar-refractivity contribution >= 4 is 5.91 Å². The number of aliphatic hydroxyl groups excluding tert-OH is 1. The summed E-state index contributed by atoms with van der Waals surface area (Å²) >= 11 is 0. The van der Waals surface area contributed by atoms with E-state index in [2.05, 4.69) is 39.0 Å². The summed E-state index contributed by atoms with van der Waals surface area (Å²) in [5.74, 6) is 0.861. The molecule has 0 aliphatic carbocycles. The number of H-pyrrole nitrogens is 1. The van der Waals surface area contributed by atoms with E-state index >= 15 is 0 Å². The number of hydrogen-bond acceptors (Lipinski definition) is 4. The highest BCUT2D eigenvalue weighted by molar-refractivity contribution is 5.85. The molecule has 0 spiro atoms. The molecule has 1 amide bonds. The van der Waals surface area contributed by atoms with E-state index in [4.69, 9.17) is 0 Å². The van der Waals surface area contributed by atoms with Crippen molar-refractivity contribution in [3.63, 3.8) is 0 Å². The number of nitrogens with zero attached hydrogens (tertiary/aromatic N) is 2. The van der Waals surface area contributed by atoms with Gasteiger partial charge in [-0.15, -0.1) is 0 Å². The first-order valence-electron chi connectivity index (χ1n) is 12.5. The molecule has 2 aromatic rings. The van der Waals surface area contributed by atoms with Crippen LogP contribution in [0.4, 0.5) is 0 Å². The van der Waals surface area contributed by atoms with Crippen molar-refractivity contribution in [2.45, 2.75) is 57.0 Å². The molecule has 0 radical (unpaired) electrons. The number of amides is 1. The third-order valence-corrected chi connectivity index (χ3v) is 8.30. The van der Waals surface area contributed by atoms with Gasteiger partial charge in [0.1, 0.15) is 0 Å². The number of rotatable bonds is 7. The lowest BCUT2D eigenvalue weighted by Crippen LogP contribution is -2.54. The van der Waals surface area contributed by atoms with Gasteiger partial charge in [0.05, 0.1) is 12.0 Å². The van der Waals surface area contributed by atoms with Gasteiger partial charge < -0.3 is 15.0 Å². The van der Waals surface area contributed by atoms with Crippen LogP contribution >= 0.6 is 0 Å². The number of nitrogens with one attached hydrogen (secondary N) is 1. The Morgan fingerprint density at radius 2 is 1.82 bits per heavy atom. The summed E-state index contributed by atoms with van der Waals surface area (Å²) in [5, 5.41) is 9.65. The molecule has 2 bridgehead atoms. The fourth-order valence-corrected chi connectivity index (χ4v) is 6.77. The number of pyridine rings is 1. The Balaban J connectivity index is 1.31. The Morgan fingerprint density at radius 1 is 1.03 bits per heavy atom. The Hall–Kier alpha value is -2.44. The number of aromatic nitrogens is 1. The highest BCUT2D eigenvalue weighted by atomic mass is 16.3. The molecule has 33 heavy (non-hydrogen) atoms. The van der Waals surface area contributed by atoms with Gasteiger partial charge in [0.2, 0.25) is 11.5 Å². The number of hydrogen-bond donors (Lipinski definition) is 2. The van der Waals surface area contributed by atoms with E-state index in [0.717, 1.165) is 63.6 Å². The number of carbonyl (C=O) groups is 1. The van der Waals surface area contributed by atoms with Crippen LogP contribution in [-0.4, -0.2) is 64.1 Å². The maximum Gasteiger partial charge on any atom is 0.247 e. The fourth-order valence-electron chi connectivity index (χ4n) is 6.77. The predicted molar refractivity (Wildman–Crippen MR) is 128 cm³/mol. The summed E-state index contributed by atoms with van der Waals surface area (Å²) in [7, 11) is 0. The van der Waals surface area contributed by atoms with Crippen molar-refractivity contribution < 1.29 is 9.90 Å². The average molecular weight is 450 g/mol. The number of piperidine rings is 1. The van der Waals surface area contributed by atoms with E-state index in [9.17, 15) is 14.7 Å². The molecule has 5 rings (SSSR count). The van der Waals surface area contributed by atoms with E-state index in [1.54, 1.807) is 6.07 Å². The third-order valence-electron chi connectivity index (χ3n) is 8.30. The smallest absolute Gasteiger partial charge is 0.247 e. The van der Waals surface area contributed by atoms with Gasteiger partial charge in [0.25, 0.3) is 0 Å². The van der Waals surface area contributed by atoms with Crippen molar-refractivity contribution in [2.24, 2.45) is 11.3 Å². The van der Waals surface area contributed by atoms with Gasteiger partial charge in [-0.3, -0.25) is 14.5 Å². The molecule has 3 atom stereocenters.